The summed E-state index contributed by atoms with van der Waals surface area (Å²) in [6, 6.07) is 16.4. The second-order valence-electron chi connectivity index (χ2n) is 6.26. The Labute approximate surface area is 171 Å². The molecule has 0 spiro atoms. The van der Waals surface area contributed by atoms with Gasteiger partial charge in [0.2, 0.25) is 5.91 Å². The second kappa shape index (κ2) is 8.50. The van der Waals surface area contributed by atoms with E-state index in [0.717, 1.165) is 31.4 Å². The summed E-state index contributed by atoms with van der Waals surface area (Å²) < 4.78 is 0. The van der Waals surface area contributed by atoms with E-state index in [1.165, 1.54) is 0 Å². The number of hydrogen-bond acceptors (Lipinski definition) is 6. The van der Waals surface area contributed by atoms with E-state index in [-0.39, 0.29) is 12.5 Å². The molecular formula is C21H20N4OS2. The Kier molecular flexibility index (Phi) is 5.64. The summed E-state index contributed by atoms with van der Waals surface area (Å²) in [4.78, 5) is 26.6. The van der Waals surface area contributed by atoms with Gasteiger partial charge in [-0.25, -0.2) is 9.97 Å². The number of anilines is 1. The molecule has 0 aliphatic carbocycles. The number of thiophene rings is 2. The van der Waals surface area contributed by atoms with Crippen molar-refractivity contribution in [2.24, 2.45) is 0 Å². The molecule has 3 heterocycles. The van der Waals surface area contributed by atoms with E-state index in [1.54, 1.807) is 29.0 Å². The minimum absolute atomic E-state index is 0.0134. The molecule has 28 heavy (non-hydrogen) atoms. The van der Waals surface area contributed by atoms with Crippen LogP contribution in [0.4, 0.5) is 5.82 Å². The molecule has 4 rings (SSSR count). The van der Waals surface area contributed by atoms with Gasteiger partial charge in [-0.3, -0.25) is 4.79 Å². The zero-order chi connectivity index (χ0) is 19.3. The quantitative estimate of drug-likeness (QED) is 0.487. The summed E-state index contributed by atoms with van der Waals surface area (Å²) in [5, 5.41) is 5.99. The number of fused-ring (bicyclic) bond motifs is 1. The number of aromatic nitrogens is 2. The highest BCUT2D eigenvalue weighted by Gasteiger charge is 2.17. The summed E-state index contributed by atoms with van der Waals surface area (Å²) in [5.41, 5.74) is 1.16. The van der Waals surface area contributed by atoms with E-state index < -0.39 is 0 Å². The van der Waals surface area contributed by atoms with Gasteiger partial charge in [-0.15, -0.1) is 22.7 Å². The molecule has 0 unspecified atom stereocenters. The van der Waals surface area contributed by atoms with Gasteiger partial charge < -0.3 is 10.2 Å². The maximum atomic E-state index is 12.5. The Balaban J connectivity index is 1.55. The lowest BCUT2D eigenvalue weighted by atomic mass is 10.2. The van der Waals surface area contributed by atoms with E-state index in [1.807, 2.05) is 47.5 Å². The first-order chi connectivity index (χ1) is 13.7. The maximum absolute atomic E-state index is 12.5. The van der Waals surface area contributed by atoms with Crippen molar-refractivity contribution in [2.45, 2.75) is 13.5 Å². The highest BCUT2D eigenvalue weighted by Crippen LogP contribution is 2.35. The second-order valence-corrected chi connectivity index (χ2v) is 8.33. The van der Waals surface area contributed by atoms with Gasteiger partial charge in [0.25, 0.3) is 0 Å². The first kappa shape index (κ1) is 18.6. The summed E-state index contributed by atoms with van der Waals surface area (Å²) in [7, 11) is 0. The Hall–Kier alpha value is -2.77. The predicted octanol–water partition coefficient (Wildman–Crippen LogP) is 4.56. The lowest BCUT2D eigenvalue weighted by Gasteiger charge is -2.21. The molecule has 4 aromatic rings. The molecule has 0 bridgehead atoms. The van der Waals surface area contributed by atoms with Gasteiger partial charge in [-0.1, -0.05) is 36.4 Å². The smallest absolute Gasteiger partial charge is 0.239 e. The standard InChI is InChI=1S/C21H20N4OS2/c1-2-25(13-19(26)22-12-16-9-6-10-27-16)20-17-11-18(15-7-4-3-5-8-15)28-21(17)24-14-23-20/h3-11,14H,2,12-13H2,1H3,(H,22,26). The number of benzene rings is 1. The third kappa shape index (κ3) is 4.05. The van der Waals surface area contributed by atoms with Crippen molar-refractivity contribution in [3.63, 3.8) is 0 Å². The van der Waals surface area contributed by atoms with Crippen LogP contribution in [0.25, 0.3) is 20.7 Å². The minimum atomic E-state index is -0.0134. The van der Waals surface area contributed by atoms with Crippen LogP contribution in [-0.2, 0) is 11.3 Å². The Morgan fingerprint density at radius 3 is 2.75 bits per heavy atom. The summed E-state index contributed by atoms with van der Waals surface area (Å²) in [5.74, 6) is 0.790. The average Bonchev–Trinajstić information content (AvgIpc) is 3.40. The fourth-order valence-electron chi connectivity index (χ4n) is 3.00. The molecule has 1 N–H and O–H groups in total. The Morgan fingerprint density at radius 1 is 1.14 bits per heavy atom. The van der Waals surface area contributed by atoms with E-state index in [9.17, 15) is 4.79 Å². The summed E-state index contributed by atoms with van der Waals surface area (Å²) in [6.45, 7) is 3.55. The van der Waals surface area contributed by atoms with Crippen molar-refractivity contribution in [3.05, 3.63) is 65.1 Å². The minimum Gasteiger partial charge on any atom is -0.350 e. The van der Waals surface area contributed by atoms with Gasteiger partial charge >= 0.3 is 0 Å². The largest absolute Gasteiger partial charge is 0.350 e. The van der Waals surface area contributed by atoms with Crippen LogP contribution in [0.2, 0.25) is 0 Å². The lowest BCUT2D eigenvalue weighted by molar-refractivity contribution is -0.119. The number of likely N-dealkylation sites (N-methyl/N-ethyl adjacent to an activating group) is 1. The Bertz CT molecular complexity index is 1060. The fraction of sp³-hybridized carbons (Fsp3) is 0.190. The van der Waals surface area contributed by atoms with Gasteiger partial charge in [0.15, 0.2) is 0 Å². The van der Waals surface area contributed by atoms with Crippen LogP contribution in [0, 0.1) is 0 Å². The van der Waals surface area contributed by atoms with Crippen LogP contribution in [0.3, 0.4) is 0 Å². The van der Waals surface area contributed by atoms with Gasteiger partial charge in [-0.2, -0.15) is 0 Å². The molecule has 5 nitrogen and oxygen atoms in total. The van der Waals surface area contributed by atoms with Crippen molar-refractivity contribution in [3.8, 4) is 10.4 Å². The van der Waals surface area contributed by atoms with E-state index >= 15 is 0 Å². The normalized spacial score (nSPS) is 10.9. The average molecular weight is 409 g/mol. The van der Waals surface area contributed by atoms with Crippen LogP contribution in [0.5, 0.6) is 0 Å². The monoisotopic (exact) mass is 408 g/mol. The predicted molar refractivity (Wildman–Crippen MR) is 117 cm³/mol. The molecule has 1 amide bonds. The first-order valence-electron chi connectivity index (χ1n) is 9.08. The van der Waals surface area contributed by atoms with Crippen molar-refractivity contribution in [2.75, 3.05) is 18.0 Å². The van der Waals surface area contributed by atoms with Crippen LogP contribution in [-0.4, -0.2) is 29.0 Å². The lowest BCUT2D eigenvalue weighted by Crippen LogP contribution is -2.37. The van der Waals surface area contributed by atoms with Crippen molar-refractivity contribution in [1.82, 2.24) is 15.3 Å². The Morgan fingerprint density at radius 2 is 2.00 bits per heavy atom. The molecule has 7 heteroatoms. The van der Waals surface area contributed by atoms with E-state index in [4.69, 9.17) is 0 Å². The number of rotatable bonds is 7. The highest BCUT2D eigenvalue weighted by molar-refractivity contribution is 7.21. The molecule has 142 valence electrons. The number of amides is 1. The molecule has 0 fully saturated rings. The van der Waals surface area contributed by atoms with E-state index in [2.05, 4.69) is 33.5 Å². The number of nitrogens with zero attached hydrogens (tertiary/aromatic N) is 3. The van der Waals surface area contributed by atoms with Crippen LogP contribution >= 0.6 is 22.7 Å². The molecule has 0 atom stereocenters. The molecule has 0 aliphatic heterocycles. The third-order valence-corrected chi connectivity index (χ3v) is 6.39. The maximum Gasteiger partial charge on any atom is 0.239 e. The van der Waals surface area contributed by atoms with E-state index in [0.29, 0.717) is 13.1 Å². The highest BCUT2D eigenvalue weighted by atomic mass is 32.1. The topological polar surface area (TPSA) is 58.1 Å². The fourth-order valence-corrected chi connectivity index (χ4v) is 4.65. The molecule has 1 aromatic carbocycles. The zero-order valence-corrected chi connectivity index (χ0v) is 17.1. The van der Waals surface area contributed by atoms with Gasteiger partial charge in [0.05, 0.1) is 18.5 Å². The number of carbonyl (C=O) groups is 1. The molecule has 0 aliphatic rings. The van der Waals surface area contributed by atoms with Crippen LogP contribution in [0.15, 0.2) is 60.2 Å². The van der Waals surface area contributed by atoms with Crippen molar-refractivity contribution < 1.29 is 4.79 Å². The molecule has 0 saturated carbocycles. The summed E-state index contributed by atoms with van der Waals surface area (Å²) >= 11 is 3.28. The van der Waals surface area contributed by atoms with Crippen molar-refractivity contribution >= 4 is 44.6 Å². The first-order valence-corrected chi connectivity index (χ1v) is 10.8. The molecular weight excluding hydrogens is 388 g/mol. The molecule has 0 radical (unpaired) electrons. The number of hydrogen-bond donors (Lipinski definition) is 1. The summed E-state index contributed by atoms with van der Waals surface area (Å²) in [6.07, 6.45) is 1.58. The van der Waals surface area contributed by atoms with Crippen LogP contribution < -0.4 is 10.2 Å². The number of carbonyl (C=O) groups excluding carboxylic acids is 1. The van der Waals surface area contributed by atoms with Crippen molar-refractivity contribution in [1.29, 1.82) is 0 Å². The SMILES string of the molecule is CCN(CC(=O)NCc1cccs1)c1ncnc2sc(-c3ccccc3)cc12. The molecule has 3 aromatic heterocycles. The van der Waals surface area contributed by atoms with Gasteiger partial charge in [-0.05, 0) is 30.0 Å². The number of nitrogens with one attached hydrogen (secondary N) is 1. The zero-order valence-electron chi connectivity index (χ0n) is 15.5. The van der Waals surface area contributed by atoms with Gasteiger partial charge in [0, 0.05) is 16.3 Å². The molecule has 0 saturated heterocycles. The third-order valence-electron chi connectivity index (χ3n) is 4.42. The van der Waals surface area contributed by atoms with Gasteiger partial charge in [0.1, 0.15) is 17.0 Å². The van der Waals surface area contributed by atoms with Crippen LogP contribution in [0.1, 0.15) is 11.8 Å².